The van der Waals surface area contributed by atoms with Crippen LogP contribution >= 0.6 is 22.7 Å². The number of aromatic nitrogens is 3. The first-order chi connectivity index (χ1) is 16.4. The van der Waals surface area contributed by atoms with E-state index in [1.165, 1.54) is 39.9 Å². The normalized spacial score (nSPS) is 14.9. The summed E-state index contributed by atoms with van der Waals surface area (Å²) in [5, 5.41) is 11.9. The Hall–Kier alpha value is -2.90. The van der Waals surface area contributed by atoms with Gasteiger partial charge in [0.05, 0.1) is 34.4 Å². The molecule has 4 aromatic rings. The number of amides is 1. The second-order valence-electron chi connectivity index (χ2n) is 7.57. The van der Waals surface area contributed by atoms with Gasteiger partial charge < -0.3 is 10.1 Å². The minimum atomic E-state index is -3.62. The van der Waals surface area contributed by atoms with Gasteiger partial charge in [0, 0.05) is 30.1 Å². The number of carbonyl (C=O) groups excluding carboxylic acids is 1. The fourth-order valence-corrected chi connectivity index (χ4v) is 6.49. The second-order valence-corrected chi connectivity index (χ2v) is 11.3. The van der Waals surface area contributed by atoms with Crippen LogP contribution in [0.1, 0.15) is 16.1 Å². The molecule has 1 N–H and O–H groups in total. The Labute approximate surface area is 204 Å². The lowest BCUT2D eigenvalue weighted by Crippen LogP contribution is -2.40. The number of ether oxygens (including phenoxy) is 1. The third-order valence-corrected chi connectivity index (χ3v) is 8.87. The van der Waals surface area contributed by atoms with Crippen molar-refractivity contribution in [2.45, 2.75) is 11.8 Å². The summed E-state index contributed by atoms with van der Waals surface area (Å²) in [5.74, 6) is 0.117. The van der Waals surface area contributed by atoms with Crippen LogP contribution in [0.5, 0.6) is 0 Å². The molecule has 176 valence electrons. The van der Waals surface area contributed by atoms with Gasteiger partial charge in [-0.1, -0.05) is 6.07 Å². The predicted octanol–water partition coefficient (Wildman–Crippen LogP) is 3.64. The van der Waals surface area contributed by atoms with E-state index in [1.54, 1.807) is 22.1 Å². The van der Waals surface area contributed by atoms with Crippen molar-refractivity contribution in [2.24, 2.45) is 0 Å². The second kappa shape index (κ2) is 9.39. The zero-order valence-corrected chi connectivity index (χ0v) is 20.6. The SMILES string of the molecule is Cc1cc(NC(=O)c2ccc(S(=O)(=O)N3CCOCC3)cc2)n(-c2nc(-c3cccs3)cs2)n1. The number of hydrogen-bond donors (Lipinski definition) is 1. The first-order valence-electron chi connectivity index (χ1n) is 10.5. The van der Waals surface area contributed by atoms with Crippen LogP contribution in [0.3, 0.4) is 0 Å². The largest absolute Gasteiger partial charge is 0.379 e. The molecule has 12 heteroatoms. The Morgan fingerprint density at radius 1 is 1.12 bits per heavy atom. The number of nitrogens with zero attached hydrogens (tertiary/aromatic N) is 4. The Bertz CT molecular complexity index is 1400. The maximum Gasteiger partial charge on any atom is 0.256 e. The number of anilines is 1. The number of aryl methyl sites for hydroxylation is 1. The number of sulfonamides is 1. The van der Waals surface area contributed by atoms with Crippen LogP contribution in [0.4, 0.5) is 5.82 Å². The first-order valence-corrected chi connectivity index (χ1v) is 13.7. The van der Waals surface area contributed by atoms with Crippen LogP contribution in [-0.4, -0.2) is 59.7 Å². The molecule has 1 aliphatic heterocycles. The summed E-state index contributed by atoms with van der Waals surface area (Å²) in [7, 11) is -3.62. The lowest BCUT2D eigenvalue weighted by atomic mass is 10.2. The zero-order valence-electron chi connectivity index (χ0n) is 18.2. The van der Waals surface area contributed by atoms with Gasteiger partial charge >= 0.3 is 0 Å². The third-order valence-electron chi connectivity index (χ3n) is 5.24. The molecule has 1 aromatic carbocycles. The monoisotopic (exact) mass is 515 g/mol. The fourth-order valence-electron chi connectivity index (χ4n) is 3.54. The average Bonchev–Trinajstić information content (AvgIpc) is 3.61. The van der Waals surface area contributed by atoms with Crippen LogP contribution in [0, 0.1) is 6.92 Å². The minimum Gasteiger partial charge on any atom is -0.379 e. The number of rotatable bonds is 6. The molecule has 9 nitrogen and oxygen atoms in total. The molecular weight excluding hydrogens is 494 g/mol. The van der Waals surface area contributed by atoms with Crippen molar-refractivity contribution < 1.29 is 17.9 Å². The number of morpholine rings is 1. The number of carbonyl (C=O) groups is 1. The van der Waals surface area contributed by atoms with Crippen molar-refractivity contribution in [2.75, 3.05) is 31.6 Å². The fraction of sp³-hybridized carbons (Fsp3) is 0.227. The Kier molecular flexibility index (Phi) is 6.32. The quantitative estimate of drug-likeness (QED) is 0.420. The van der Waals surface area contributed by atoms with E-state index in [9.17, 15) is 13.2 Å². The molecule has 0 aliphatic carbocycles. The van der Waals surface area contributed by atoms with E-state index >= 15 is 0 Å². The highest BCUT2D eigenvalue weighted by Gasteiger charge is 2.26. The molecule has 5 rings (SSSR count). The van der Waals surface area contributed by atoms with E-state index in [-0.39, 0.29) is 10.8 Å². The van der Waals surface area contributed by atoms with Crippen LogP contribution in [-0.2, 0) is 14.8 Å². The van der Waals surface area contributed by atoms with E-state index in [4.69, 9.17) is 4.74 Å². The van der Waals surface area contributed by atoms with E-state index < -0.39 is 10.0 Å². The molecule has 0 radical (unpaired) electrons. The molecule has 4 heterocycles. The van der Waals surface area contributed by atoms with Crippen molar-refractivity contribution >= 4 is 44.4 Å². The molecule has 1 saturated heterocycles. The van der Waals surface area contributed by atoms with Gasteiger partial charge in [-0.25, -0.2) is 13.4 Å². The molecule has 3 aromatic heterocycles. The number of thiazole rings is 1. The standard InChI is InChI=1S/C22H21N5O4S3/c1-15-13-20(27(25-15)22-23-18(14-33-22)19-3-2-12-32-19)24-21(28)16-4-6-17(7-5-16)34(29,30)26-8-10-31-11-9-26/h2-7,12-14H,8-11H2,1H3,(H,24,28). The van der Waals surface area contributed by atoms with Gasteiger partial charge in [0.25, 0.3) is 5.91 Å². The van der Waals surface area contributed by atoms with Crippen molar-refractivity contribution in [1.29, 1.82) is 0 Å². The summed E-state index contributed by atoms with van der Waals surface area (Å²) in [6.07, 6.45) is 0. The average molecular weight is 516 g/mol. The van der Waals surface area contributed by atoms with Crippen molar-refractivity contribution in [3.8, 4) is 15.7 Å². The number of benzene rings is 1. The molecule has 1 fully saturated rings. The molecule has 1 aliphatic rings. The smallest absolute Gasteiger partial charge is 0.256 e. The van der Waals surface area contributed by atoms with E-state index in [0.29, 0.717) is 42.8 Å². The highest BCUT2D eigenvalue weighted by molar-refractivity contribution is 7.89. The van der Waals surface area contributed by atoms with Gasteiger partial charge in [0.1, 0.15) is 5.82 Å². The van der Waals surface area contributed by atoms with E-state index in [0.717, 1.165) is 16.3 Å². The van der Waals surface area contributed by atoms with Gasteiger partial charge in [-0.15, -0.1) is 22.7 Å². The minimum absolute atomic E-state index is 0.149. The van der Waals surface area contributed by atoms with Gasteiger partial charge in [0.15, 0.2) is 0 Å². The highest BCUT2D eigenvalue weighted by Crippen LogP contribution is 2.29. The van der Waals surface area contributed by atoms with Crippen LogP contribution in [0.2, 0.25) is 0 Å². The Morgan fingerprint density at radius 2 is 1.88 bits per heavy atom. The molecule has 0 spiro atoms. The van der Waals surface area contributed by atoms with E-state index in [1.807, 2.05) is 29.8 Å². The summed E-state index contributed by atoms with van der Waals surface area (Å²) in [5.41, 5.74) is 1.93. The number of hydrogen-bond acceptors (Lipinski definition) is 8. The summed E-state index contributed by atoms with van der Waals surface area (Å²) in [4.78, 5) is 18.8. The number of nitrogens with one attached hydrogen (secondary N) is 1. The predicted molar refractivity (Wildman–Crippen MR) is 131 cm³/mol. The molecule has 34 heavy (non-hydrogen) atoms. The summed E-state index contributed by atoms with van der Waals surface area (Å²) < 4.78 is 33.8. The Morgan fingerprint density at radius 3 is 2.59 bits per heavy atom. The third kappa shape index (κ3) is 4.55. The highest BCUT2D eigenvalue weighted by atomic mass is 32.2. The van der Waals surface area contributed by atoms with Gasteiger partial charge in [-0.3, -0.25) is 4.79 Å². The Balaban J connectivity index is 1.34. The molecule has 1 amide bonds. The molecule has 0 bridgehead atoms. The molecular formula is C22H21N5O4S3. The van der Waals surface area contributed by atoms with Crippen LogP contribution in [0.15, 0.2) is 58.1 Å². The topological polar surface area (TPSA) is 106 Å². The van der Waals surface area contributed by atoms with Gasteiger partial charge in [-0.2, -0.15) is 14.1 Å². The maximum atomic E-state index is 12.9. The van der Waals surface area contributed by atoms with Crippen molar-refractivity contribution in [1.82, 2.24) is 19.1 Å². The summed E-state index contributed by atoms with van der Waals surface area (Å²) in [6, 6.07) is 11.7. The van der Waals surface area contributed by atoms with Gasteiger partial charge in [0.2, 0.25) is 15.2 Å². The zero-order chi connectivity index (χ0) is 23.7. The molecule has 0 unspecified atom stereocenters. The molecule has 0 atom stereocenters. The van der Waals surface area contributed by atoms with Crippen molar-refractivity contribution in [3.63, 3.8) is 0 Å². The van der Waals surface area contributed by atoms with Gasteiger partial charge in [-0.05, 0) is 42.6 Å². The lowest BCUT2D eigenvalue weighted by molar-refractivity contribution is 0.0730. The summed E-state index contributed by atoms with van der Waals surface area (Å²) in [6.45, 7) is 3.23. The maximum absolute atomic E-state index is 12.9. The molecule has 0 saturated carbocycles. The lowest BCUT2D eigenvalue weighted by Gasteiger charge is -2.26. The van der Waals surface area contributed by atoms with Crippen LogP contribution in [0.25, 0.3) is 15.7 Å². The van der Waals surface area contributed by atoms with Crippen molar-refractivity contribution in [3.05, 3.63) is 64.5 Å². The first kappa shape index (κ1) is 22.9. The number of thiophene rings is 1. The van der Waals surface area contributed by atoms with Crippen LogP contribution < -0.4 is 5.32 Å². The summed E-state index contributed by atoms with van der Waals surface area (Å²) >= 11 is 3.04. The van der Waals surface area contributed by atoms with E-state index in [2.05, 4.69) is 15.4 Å².